The van der Waals surface area contributed by atoms with Gasteiger partial charge in [-0.3, -0.25) is 4.79 Å². The van der Waals surface area contributed by atoms with Crippen molar-refractivity contribution in [2.45, 2.75) is 38.6 Å². The molecule has 4 rings (SSSR count). The maximum atomic E-state index is 11.1. The summed E-state index contributed by atoms with van der Waals surface area (Å²) in [6.45, 7) is 3.04. The Labute approximate surface area is 177 Å². The van der Waals surface area contributed by atoms with E-state index < -0.39 is 5.97 Å². The van der Waals surface area contributed by atoms with Crippen LogP contribution in [-0.2, 0) is 11.2 Å². The summed E-state index contributed by atoms with van der Waals surface area (Å²) in [6, 6.07) is 24.7. The third kappa shape index (κ3) is 4.82. The Balaban J connectivity index is 1.43. The molecule has 4 nitrogen and oxygen atoms in total. The molecule has 0 spiro atoms. The van der Waals surface area contributed by atoms with E-state index >= 15 is 0 Å². The summed E-state index contributed by atoms with van der Waals surface area (Å²) in [5.74, 6) is 0.858. The van der Waals surface area contributed by atoms with Gasteiger partial charge in [-0.15, -0.1) is 0 Å². The zero-order valence-corrected chi connectivity index (χ0v) is 17.3. The van der Waals surface area contributed by atoms with Crippen molar-refractivity contribution in [3.05, 3.63) is 89.5 Å². The lowest BCUT2D eigenvalue weighted by Gasteiger charge is -2.25. The molecule has 1 heterocycles. The zero-order chi connectivity index (χ0) is 20.9. The third-order valence-corrected chi connectivity index (χ3v) is 5.75. The summed E-state index contributed by atoms with van der Waals surface area (Å²) < 4.78 is 6.08. The number of rotatable bonds is 7. The van der Waals surface area contributed by atoms with Crippen LogP contribution in [0, 0.1) is 6.92 Å². The average molecular weight is 402 g/mol. The second kappa shape index (κ2) is 9.04. The molecule has 1 unspecified atom stereocenters. The fourth-order valence-electron chi connectivity index (χ4n) is 4.18. The number of hydrogen-bond donors (Lipinski definition) is 1. The zero-order valence-electron chi connectivity index (χ0n) is 17.3. The number of hydrogen-bond acceptors (Lipinski definition) is 3. The Bertz CT molecular complexity index is 1010. The minimum absolute atomic E-state index is 0.0763. The molecule has 0 radical (unpaired) electrons. The van der Waals surface area contributed by atoms with Crippen LogP contribution in [0.15, 0.2) is 72.8 Å². The summed E-state index contributed by atoms with van der Waals surface area (Å²) in [5.41, 5.74) is 4.88. The molecular weight excluding hydrogens is 374 g/mol. The molecule has 0 saturated carbocycles. The first-order valence-corrected chi connectivity index (χ1v) is 10.5. The van der Waals surface area contributed by atoms with Crippen LogP contribution < -0.4 is 9.64 Å². The molecule has 0 aliphatic carbocycles. The Morgan fingerprint density at radius 2 is 1.83 bits per heavy atom. The van der Waals surface area contributed by atoms with Gasteiger partial charge >= 0.3 is 5.97 Å². The van der Waals surface area contributed by atoms with Crippen molar-refractivity contribution in [1.29, 1.82) is 0 Å². The molecule has 1 saturated heterocycles. The summed E-state index contributed by atoms with van der Waals surface area (Å²) in [7, 11) is 0. The maximum absolute atomic E-state index is 11.1. The highest BCUT2D eigenvalue weighted by Gasteiger charge is 2.26. The monoisotopic (exact) mass is 401 g/mol. The Morgan fingerprint density at radius 3 is 2.60 bits per heavy atom. The highest BCUT2D eigenvalue weighted by molar-refractivity contribution is 5.69. The molecule has 3 aromatic rings. The minimum atomic E-state index is -0.738. The van der Waals surface area contributed by atoms with Crippen molar-refractivity contribution in [3.8, 4) is 11.5 Å². The second-order valence-electron chi connectivity index (χ2n) is 7.93. The fourth-order valence-corrected chi connectivity index (χ4v) is 4.18. The molecule has 30 heavy (non-hydrogen) atoms. The molecule has 1 N–H and O–H groups in total. The van der Waals surface area contributed by atoms with Gasteiger partial charge in [-0.25, -0.2) is 0 Å². The predicted octanol–water partition coefficient (Wildman–Crippen LogP) is 5.82. The van der Waals surface area contributed by atoms with Crippen molar-refractivity contribution in [2.24, 2.45) is 0 Å². The lowest BCUT2D eigenvalue weighted by molar-refractivity contribution is -0.137. The molecule has 4 heteroatoms. The minimum Gasteiger partial charge on any atom is -0.481 e. The van der Waals surface area contributed by atoms with Gasteiger partial charge in [-0.2, -0.15) is 0 Å². The van der Waals surface area contributed by atoms with Gasteiger partial charge in [-0.1, -0.05) is 36.4 Å². The molecule has 3 aromatic carbocycles. The van der Waals surface area contributed by atoms with E-state index in [-0.39, 0.29) is 12.5 Å². The first-order valence-electron chi connectivity index (χ1n) is 10.5. The molecule has 1 aliphatic heterocycles. The summed E-state index contributed by atoms with van der Waals surface area (Å²) >= 11 is 0. The standard InChI is InChI=1S/C26H27NO3/c1-19-6-2-3-8-21(19)16-20-7-4-10-25(17-20)30-24-13-11-22(12-14-24)27-15-5-9-23(27)18-26(28)29/h2-4,6-8,10-14,17,23H,5,9,15-16,18H2,1H3,(H,28,29). The Morgan fingerprint density at radius 1 is 1.03 bits per heavy atom. The van der Waals surface area contributed by atoms with E-state index in [1.54, 1.807) is 0 Å². The highest BCUT2D eigenvalue weighted by atomic mass is 16.5. The maximum Gasteiger partial charge on any atom is 0.305 e. The van der Waals surface area contributed by atoms with Crippen LogP contribution in [0.5, 0.6) is 11.5 Å². The van der Waals surface area contributed by atoms with Gasteiger partial charge in [-0.05, 0) is 79.3 Å². The van der Waals surface area contributed by atoms with Crippen LogP contribution in [0.2, 0.25) is 0 Å². The highest BCUT2D eigenvalue weighted by Crippen LogP contribution is 2.30. The van der Waals surface area contributed by atoms with Crippen molar-refractivity contribution in [2.75, 3.05) is 11.4 Å². The average Bonchev–Trinajstić information content (AvgIpc) is 3.18. The van der Waals surface area contributed by atoms with Gasteiger partial charge < -0.3 is 14.7 Å². The van der Waals surface area contributed by atoms with E-state index in [9.17, 15) is 4.79 Å². The van der Waals surface area contributed by atoms with Gasteiger partial charge in [0.05, 0.1) is 6.42 Å². The molecule has 154 valence electrons. The molecule has 1 fully saturated rings. The summed E-state index contributed by atoms with van der Waals surface area (Å²) in [5, 5.41) is 9.13. The number of benzene rings is 3. The number of nitrogens with zero attached hydrogens (tertiary/aromatic N) is 1. The van der Waals surface area contributed by atoms with Gasteiger partial charge in [0.1, 0.15) is 11.5 Å². The quantitative estimate of drug-likeness (QED) is 0.542. The second-order valence-corrected chi connectivity index (χ2v) is 7.93. The summed E-state index contributed by atoms with van der Waals surface area (Å²) in [6.07, 6.45) is 3.02. The molecule has 1 aliphatic rings. The lowest BCUT2D eigenvalue weighted by atomic mass is 10.0. The van der Waals surface area contributed by atoms with Crippen molar-refractivity contribution >= 4 is 11.7 Å². The number of anilines is 1. The predicted molar refractivity (Wildman–Crippen MR) is 120 cm³/mol. The van der Waals surface area contributed by atoms with E-state index in [2.05, 4.69) is 48.2 Å². The van der Waals surface area contributed by atoms with Crippen LogP contribution in [0.3, 0.4) is 0 Å². The molecule has 0 bridgehead atoms. The van der Waals surface area contributed by atoms with Crippen LogP contribution in [0.4, 0.5) is 5.69 Å². The lowest BCUT2D eigenvalue weighted by Crippen LogP contribution is -2.31. The Hall–Kier alpha value is -3.27. The molecule has 1 atom stereocenters. The Kier molecular flexibility index (Phi) is 6.03. The first-order chi connectivity index (χ1) is 14.6. The van der Waals surface area contributed by atoms with E-state index in [1.165, 1.54) is 16.7 Å². The SMILES string of the molecule is Cc1ccccc1Cc1cccc(Oc2ccc(N3CCCC3CC(=O)O)cc2)c1. The molecule has 0 amide bonds. The van der Waals surface area contributed by atoms with E-state index in [0.717, 1.165) is 43.0 Å². The number of carbonyl (C=O) groups is 1. The normalized spacial score (nSPS) is 15.9. The number of carboxylic acid groups (broad SMARTS) is 1. The smallest absolute Gasteiger partial charge is 0.305 e. The van der Waals surface area contributed by atoms with Crippen LogP contribution in [0.1, 0.15) is 36.0 Å². The van der Waals surface area contributed by atoms with E-state index in [4.69, 9.17) is 9.84 Å². The number of aliphatic carboxylic acids is 1. The van der Waals surface area contributed by atoms with Gasteiger partial charge in [0.25, 0.3) is 0 Å². The number of aryl methyl sites for hydroxylation is 1. The van der Waals surface area contributed by atoms with Gasteiger partial charge in [0.15, 0.2) is 0 Å². The third-order valence-electron chi connectivity index (χ3n) is 5.75. The summed E-state index contributed by atoms with van der Waals surface area (Å²) in [4.78, 5) is 13.3. The number of carboxylic acids is 1. The molecular formula is C26H27NO3. The van der Waals surface area contributed by atoms with Gasteiger partial charge in [0.2, 0.25) is 0 Å². The van der Waals surface area contributed by atoms with E-state index in [0.29, 0.717) is 0 Å². The molecule has 0 aromatic heterocycles. The van der Waals surface area contributed by atoms with Crippen molar-refractivity contribution < 1.29 is 14.6 Å². The van der Waals surface area contributed by atoms with Crippen molar-refractivity contribution in [3.63, 3.8) is 0 Å². The van der Waals surface area contributed by atoms with Crippen LogP contribution in [0.25, 0.3) is 0 Å². The van der Waals surface area contributed by atoms with E-state index in [1.807, 2.05) is 36.4 Å². The largest absolute Gasteiger partial charge is 0.481 e. The van der Waals surface area contributed by atoms with Gasteiger partial charge in [0, 0.05) is 18.3 Å². The number of ether oxygens (including phenoxy) is 1. The van der Waals surface area contributed by atoms with Crippen LogP contribution in [-0.4, -0.2) is 23.7 Å². The van der Waals surface area contributed by atoms with Crippen LogP contribution >= 0.6 is 0 Å². The van der Waals surface area contributed by atoms with Crippen molar-refractivity contribution in [1.82, 2.24) is 0 Å². The topological polar surface area (TPSA) is 49.8 Å². The first kappa shape index (κ1) is 20.0. The fraction of sp³-hybridized carbons (Fsp3) is 0.269.